The molecule has 3 nitrogen and oxygen atoms in total. The second-order valence-corrected chi connectivity index (χ2v) is 6.65. The Morgan fingerprint density at radius 2 is 2.05 bits per heavy atom. The van der Waals surface area contributed by atoms with Crippen LogP contribution in [0, 0.1) is 0 Å². The lowest BCUT2D eigenvalue weighted by Gasteiger charge is -2.36. The largest absolute Gasteiger partial charge is 0.478 e. The van der Waals surface area contributed by atoms with Crippen LogP contribution in [0.5, 0.6) is 0 Å². The molecular weight excluding hydrogens is 318 g/mol. The average Bonchev–Trinajstić information content (AvgIpc) is 2.61. The van der Waals surface area contributed by atoms with Crippen molar-refractivity contribution in [3.63, 3.8) is 0 Å². The Balaban J connectivity index is 1.73. The summed E-state index contributed by atoms with van der Waals surface area (Å²) in [5, 5.41) is 8.90. The molecule has 2 heterocycles. The van der Waals surface area contributed by atoms with Gasteiger partial charge in [-0.3, -0.25) is 4.90 Å². The van der Waals surface area contributed by atoms with Gasteiger partial charge in [0.1, 0.15) is 0 Å². The molecule has 3 rings (SSSR count). The minimum Gasteiger partial charge on any atom is -0.478 e. The molecule has 20 heavy (non-hydrogen) atoms. The number of rotatable bonds is 3. The highest BCUT2D eigenvalue weighted by molar-refractivity contribution is 9.10. The van der Waals surface area contributed by atoms with Crippen LogP contribution >= 0.6 is 15.9 Å². The van der Waals surface area contributed by atoms with Crippen LogP contribution in [0.1, 0.15) is 31.2 Å². The third kappa shape index (κ3) is 2.96. The summed E-state index contributed by atoms with van der Waals surface area (Å²) in [6, 6.07) is 9.47. The third-order valence-corrected chi connectivity index (χ3v) is 4.84. The number of carboxylic acid groups (broad SMARTS) is 1. The number of halogens is 1. The topological polar surface area (TPSA) is 40.5 Å². The minimum atomic E-state index is -0.806. The fourth-order valence-corrected chi connectivity index (χ4v) is 3.99. The van der Waals surface area contributed by atoms with Gasteiger partial charge in [0, 0.05) is 29.2 Å². The first kappa shape index (κ1) is 13.8. The van der Waals surface area contributed by atoms with E-state index in [1.54, 1.807) is 0 Å². The van der Waals surface area contributed by atoms with Crippen molar-refractivity contribution in [2.45, 2.75) is 44.3 Å². The van der Waals surface area contributed by atoms with E-state index < -0.39 is 5.97 Å². The minimum absolute atomic E-state index is 0.512. The number of hydrogen-bond donors (Lipinski definition) is 1. The Labute approximate surface area is 127 Å². The Morgan fingerprint density at radius 1 is 1.35 bits per heavy atom. The van der Waals surface area contributed by atoms with Crippen molar-refractivity contribution in [2.75, 3.05) is 0 Å². The second kappa shape index (κ2) is 5.70. The van der Waals surface area contributed by atoms with Crippen LogP contribution in [-0.2, 0) is 11.3 Å². The number of carbonyl (C=O) groups is 1. The highest BCUT2D eigenvalue weighted by Crippen LogP contribution is 2.39. The van der Waals surface area contributed by atoms with Crippen LogP contribution in [0.3, 0.4) is 0 Å². The Morgan fingerprint density at radius 3 is 2.65 bits per heavy atom. The van der Waals surface area contributed by atoms with Gasteiger partial charge in [-0.25, -0.2) is 4.79 Å². The van der Waals surface area contributed by atoms with Crippen LogP contribution in [0.25, 0.3) is 0 Å². The number of carboxylic acids is 1. The standard InChI is InChI=1S/C16H18BrNO2/c17-13-3-1-2-11(6-13)10-18-14-4-5-15(18)8-12(7-14)9-16(19)20/h1-3,6,9,14-15H,4-5,7-8,10H2,(H,19,20). The first-order valence-corrected chi connectivity index (χ1v) is 7.83. The first-order chi connectivity index (χ1) is 9.61. The molecule has 2 saturated heterocycles. The van der Waals surface area contributed by atoms with E-state index in [-0.39, 0.29) is 0 Å². The molecule has 0 saturated carbocycles. The van der Waals surface area contributed by atoms with E-state index in [9.17, 15) is 4.79 Å². The van der Waals surface area contributed by atoms with Gasteiger partial charge in [0.15, 0.2) is 0 Å². The van der Waals surface area contributed by atoms with E-state index in [4.69, 9.17) is 5.11 Å². The summed E-state index contributed by atoms with van der Waals surface area (Å²) in [5.41, 5.74) is 2.43. The molecule has 2 fully saturated rings. The zero-order valence-electron chi connectivity index (χ0n) is 11.3. The fraction of sp³-hybridized carbons (Fsp3) is 0.438. The van der Waals surface area contributed by atoms with Crippen LogP contribution < -0.4 is 0 Å². The van der Waals surface area contributed by atoms with Crippen LogP contribution in [0.4, 0.5) is 0 Å². The number of fused-ring (bicyclic) bond motifs is 2. The molecule has 2 atom stereocenters. The van der Waals surface area contributed by atoms with E-state index >= 15 is 0 Å². The molecule has 2 unspecified atom stereocenters. The summed E-state index contributed by atoms with van der Waals surface area (Å²) in [7, 11) is 0. The van der Waals surface area contributed by atoms with E-state index in [2.05, 4.69) is 39.0 Å². The van der Waals surface area contributed by atoms with Crippen molar-refractivity contribution in [3.05, 3.63) is 46.0 Å². The molecule has 0 radical (unpaired) electrons. The molecule has 0 amide bonds. The van der Waals surface area contributed by atoms with Crippen molar-refractivity contribution < 1.29 is 9.90 Å². The molecule has 0 aromatic heterocycles. The molecule has 106 valence electrons. The lowest BCUT2D eigenvalue weighted by atomic mass is 9.95. The van der Waals surface area contributed by atoms with Crippen molar-refractivity contribution in [1.82, 2.24) is 4.90 Å². The highest BCUT2D eigenvalue weighted by atomic mass is 79.9. The maximum atomic E-state index is 10.8. The number of benzene rings is 1. The predicted molar refractivity (Wildman–Crippen MR) is 81.4 cm³/mol. The van der Waals surface area contributed by atoms with Crippen LogP contribution in [0.2, 0.25) is 0 Å². The fourth-order valence-electron chi connectivity index (χ4n) is 3.54. The van der Waals surface area contributed by atoms with Crippen molar-refractivity contribution >= 4 is 21.9 Å². The lowest BCUT2D eigenvalue weighted by molar-refractivity contribution is -0.131. The van der Waals surface area contributed by atoms with Crippen molar-refractivity contribution in [2.24, 2.45) is 0 Å². The van der Waals surface area contributed by atoms with E-state index in [1.807, 2.05) is 6.07 Å². The van der Waals surface area contributed by atoms with Crippen molar-refractivity contribution in [1.29, 1.82) is 0 Å². The number of aliphatic carboxylic acids is 1. The zero-order chi connectivity index (χ0) is 14.1. The van der Waals surface area contributed by atoms with E-state index in [0.717, 1.165) is 29.4 Å². The maximum absolute atomic E-state index is 10.8. The van der Waals surface area contributed by atoms with Gasteiger partial charge >= 0.3 is 5.97 Å². The number of nitrogens with zero attached hydrogens (tertiary/aromatic N) is 1. The monoisotopic (exact) mass is 335 g/mol. The Hall–Kier alpha value is -1.13. The lowest BCUT2D eigenvalue weighted by Crippen LogP contribution is -2.39. The van der Waals surface area contributed by atoms with Gasteiger partial charge in [0.25, 0.3) is 0 Å². The zero-order valence-corrected chi connectivity index (χ0v) is 12.8. The maximum Gasteiger partial charge on any atom is 0.328 e. The molecule has 0 aliphatic carbocycles. The highest BCUT2D eigenvalue weighted by Gasteiger charge is 2.38. The molecule has 1 aromatic carbocycles. The first-order valence-electron chi connectivity index (χ1n) is 7.04. The van der Waals surface area contributed by atoms with Gasteiger partial charge in [-0.1, -0.05) is 33.6 Å². The SMILES string of the molecule is O=C(O)C=C1CC2CCC(C1)N2Cc1cccc(Br)c1. The van der Waals surface area contributed by atoms with Crippen LogP contribution in [0.15, 0.2) is 40.4 Å². The molecule has 0 spiro atoms. The molecule has 4 heteroatoms. The van der Waals surface area contributed by atoms with Crippen molar-refractivity contribution in [3.8, 4) is 0 Å². The Bertz CT molecular complexity index is 539. The van der Waals surface area contributed by atoms with Gasteiger partial charge in [0.05, 0.1) is 0 Å². The molecule has 1 N–H and O–H groups in total. The number of hydrogen-bond acceptors (Lipinski definition) is 2. The summed E-state index contributed by atoms with van der Waals surface area (Å²) >= 11 is 3.52. The Kier molecular flexibility index (Phi) is 3.94. The van der Waals surface area contributed by atoms with E-state index in [0.29, 0.717) is 12.1 Å². The second-order valence-electron chi connectivity index (χ2n) is 5.74. The number of piperidine rings is 1. The summed E-state index contributed by atoms with van der Waals surface area (Å²) in [6.07, 6.45) is 5.63. The molecule has 1 aromatic rings. The molecule has 2 bridgehead atoms. The normalized spacial score (nSPS) is 25.8. The molecule has 2 aliphatic heterocycles. The summed E-state index contributed by atoms with van der Waals surface area (Å²) in [5.74, 6) is -0.806. The molecular formula is C16H18BrNO2. The van der Waals surface area contributed by atoms with Gasteiger partial charge in [0.2, 0.25) is 0 Å². The van der Waals surface area contributed by atoms with Gasteiger partial charge in [-0.05, 0) is 43.4 Å². The molecule has 2 aliphatic rings. The third-order valence-electron chi connectivity index (χ3n) is 4.35. The van der Waals surface area contributed by atoms with Gasteiger partial charge < -0.3 is 5.11 Å². The quantitative estimate of drug-likeness (QED) is 0.858. The average molecular weight is 336 g/mol. The summed E-state index contributed by atoms with van der Waals surface area (Å²) in [4.78, 5) is 13.4. The summed E-state index contributed by atoms with van der Waals surface area (Å²) < 4.78 is 1.12. The van der Waals surface area contributed by atoms with E-state index in [1.165, 1.54) is 24.5 Å². The van der Waals surface area contributed by atoms with Gasteiger partial charge in [-0.2, -0.15) is 0 Å². The van der Waals surface area contributed by atoms with Crippen LogP contribution in [-0.4, -0.2) is 28.1 Å². The smallest absolute Gasteiger partial charge is 0.328 e. The summed E-state index contributed by atoms with van der Waals surface area (Å²) in [6.45, 7) is 0.967. The predicted octanol–water partition coefficient (Wildman–Crippen LogP) is 3.59. The van der Waals surface area contributed by atoms with Gasteiger partial charge in [-0.15, -0.1) is 0 Å².